The van der Waals surface area contributed by atoms with Crippen molar-refractivity contribution in [3.05, 3.63) is 158 Å². The molecule has 6 heteroatoms. The standard InChI is InChI=1S/C40H26B2N2O2/c1-3-15-27(16-4-1)29-19-7-11-23-33(29)41-37-31-21-9-13-25-35(31)45-39(37)43-40-38(32-22-10-14-26-36(32)46-40)42(44(41)43)34-24-12-8-20-30(34)28-17-5-2-6-18-28/h1-26H. The summed E-state index contributed by atoms with van der Waals surface area (Å²) >= 11 is 0. The van der Waals surface area contributed by atoms with Gasteiger partial charge in [0, 0.05) is 21.7 Å². The molecule has 0 bridgehead atoms. The van der Waals surface area contributed by atoms with E-state index in [9.17, 15) is 0 Å². The van der Waals surface area contributed by atoms with Crippen LogP contribution in [0.3, 0.4) is 0 Å². The molecule has 214 valence electrons. The number of benzene rings is 6. The summed E-state index contributed by atoms with van der Waals surface area (Å²) < 4.78 is 13.6. The lowest BCUT2D eigenvalue weighted by atomic mass is 9.38. The summed E-state index contributed by atoms with van der Waals surface area (Å²) in [7, 11) is 0. The number of hydrogen-bond acceptors (Lipinski definition) is 4. The zero-order chi connectivity index (χ0) is 30.2. The Morgan fingerprint density at radius 3 is 1.26 bits per heavy atom. The normalized spacial score (nSPS) is 13.9. The summed E-state index contributed by atoms with van der Waals surface area (Å²) in [5.41, 5.74) is 11.3. The first kappa shape index (κ1) is 25.6. The minimum Gasteiger partial charge on any atom is -0.439 e. The molecule has 0 amide bonds. The molecule has 2 aromatic heterocycles. The number of hydrogen-bond donors (Lipinski definition) is 0. The second-order valence-electron chi connectivity index (χ2n) is 12.0. The maximum absolute atomic E-state index is 6.80. The molecule has 10 rings (SSSR count). The maximum Gasteiger partial charge on any atom is 0.308 e. The van der Waals surface area contributed by atoms with E-state index >= 15 is 0 Å². The molecule has 0 spiro atoms. The molecular formula is C40H26B2N2O2. The third-order valence-corrected chi connectivity index (χ3v) is 9.60. The van der Waals surface area contributed by atoms with Crippen molar-refractivity contribution in [1.82, 2.24) is 4.83 Å². The Kier molecular flexibility index (Phi) is 5.51. The van der Waals surface area contributed by atoms with Crippen molar-refractivity contribution in [2.75, 3.05) is 5.01 Å². The summed E-state index contributed by atoms with van der Waals surface area (Å²) in [6.45, 7) is -0.296. The van der Waals surface area contributed by atoms with Crippen molar-refractivity contribution in [2.45, 2.75) is 0 Å². The Labute approximate surface area is 267 Å². The fourth-order valence-corrected chi connectivity index (χ4v) is 7.72. The topological polar surface area (TPSA) is 32.8 Å². The highest BCUT2D eigenvalue weighted by Gasteiger charge is 2.58. The largest absolute Gasteiger partial charge is 0.439 e. The SMILES string of the molecule is c1ccc(-c2ccccc2B2c3c(oc4ccccc34)N3c4oc5ccccc5c4B(c4ccccc4-c4ccccc4)N23)cc1. The van der Waals surface area contributed by atoms with E-state index in [1.807, 2.05) is 12.1 Å². The van der Waals surface area contributed by atoms with Gasteiger partial charge in [-0.2, -0.15) is 0 Å². The number of para-hydroxylation sites is 2. The first-order valence-corrected chi connectivity index (χ1v) is 15.8. The second-order valence-corrected chi connectivity index (χ2v) is 12.0. The molecule has 0 aliphatic carbocycles. The molecule has 4 heterocycles. The van der Waals surface area contributed by atoms with Crippen molar-refractivity contribution in [3.63, 3.8) is 0 Å². The van der Waals surface area contributed by atoms with E-state index in [1.54, 1.807) is 0 Å². The van der Waals surface area contributed by atoms with Crippen LogP contribution in [-0.2, 0) is 0 Å². The Morgan fingerprint density at radius 2 is 0.783 bits per heavy atom. The lowest BCUT2D eigenvalue weighted by Gasteiger charge is -2.31. The van der Waals surface area contributed by atoms with Gasteiger partial charge in [0.2, 0.25) is 11.8 Å². The smallest absolute Gasteiger partial charge is 0.308 e. The molecule has 2 aliphatic heterocycles. The molecule has 0 saturated carbocycles. The Balaban J connectivity index is 1.31. The summed E-state index contributed by atoms with van der Waals surface area (Å²) in [4.78, 5) is 2.50. The Bertz CT molecular complexity index is 2250. The van der Waals surface area contributed by atoms with Crippen molar-refractivity contribution in [3.8, 4) is 22.3 Å². The number of anilines is 2. The van der Waals surface area contributed by atoms with Crippen LogP contribution >= 0.6 is 0 Å². The predicted octanol–water partition coefficient (Wildman–Crippen LogP) is 7.11. The number of fused-ring (bicyclic) bond motifs is 9. The molecule has 0 unspecified atom stereocenters. The van der Waals surface area contributed by atoms with Gasteiger partial charge in [-0.25, -0.2) is 5.01 Å². The zero-order valence-electron chi connectivity index (χ0n) is 24.9. The van der Waals surface area contributed by atoms with Crippen LogP contribution in [0.2, 0.25) is 0 Å². The van der Waals surface area contributed by atoms with E-state index in [-0.39, 0.29) is 13.7 Å². The van der Waals surface area contributed by atoms with Crippen LogP contribution in [0, 0.1) is 0 Å². The first-order chi connectivity index (χ1) is 22.9. The molecule has 0 fully saturated rings. The van der Waals surface area contributed by atoms with E-state index in [0.29, 0.717) is 0 Å². The third kappa shape index (κ3) is 3.56. The minimum atomic E-state index is -0.148. The second kappa shape index (κ2) is 9.90. The summed E-state index contributed by atoms with van der Waals surface area (Å²) in [6.07, 6.45) is 0. The van der Waals surface area contributed by atoms with Crippen LogP contribution < -0.4 is 26.9 Å². The van der Waals surface area contributed by atoms with Gasteiger partial charge in [0.25, 0.3) is 0 Å². The van der Waals surface area contributed by atoms with Crippen LogP contribution in [0.5, 0.6) is 0 Å². The molecular weight excluding hydrogens is 562 g/mol. The van der Waals surface area contributed by atoms with Gasteiger partial charge in [-0.05, 0) is 45.3 Å². The van der Waals surface area contributed by atoms with Gasteiger partial charge < -0.3 is 8.83 Å². The van der Waals surface area contributed by atoms with Crippen LogP contribution in [0.4, 0.5) is 11.8 Å². The number of furan rings is 2. The highest BCUT2D eigenvalue weighted by Crippen LogP contribution is 2.44. The average Bonchev–Trinajstić information content (AvgIpc) is 3.85. The predicted molar refractivity (Wildman–Crippen MR) is 190 cm³/mol. The lowest BCUT2D eigenvalue weighted by molar-refractivity contribution is 0.521. The van der Waals surface area contributed by atoms with E-state index in [4.69, 9.17) is 8.83 Å². The number of hydrazine groups is 1. The van der Waals surface area contributed by atoms with E-state index in [2.05, 4.69) is 155 Å². The highest BCUT2D eigenvalue weighted by atomic mass is 16.4. The zero-order valence-corrected chi connectivity index (χ0v) is 24.9. The maximum atomic E-state index is 6.80. The van der Waals surface area contributed by atoms with Crippen molar-refractivity contribution >= 4 is 69.3 Å². The summed E-state index contributed by atoms with van der Waals surface area (Å²) in [5, 5.41) is 4.46. The van der Waals surface area contributed by atoms with Crippen LogP contribution in [0.1, 0.15) is 0 Å². The van der Waals surface area contributed by atoms with Crippen molar-refractivity contribution < 1.29 is 8.83 Å². The fraction of sp³-hybridized carbons (Fsp3) is 0. The highest BCUT2D eigenvalue weighted by molar-refractivity contribution is 7.02. The van der Waals surface area contributed by atoms with Gasteiger partial charge >= 0.3 is 13.7 Å². The summed E-state index contributed by atoms with van der Waals surface area (Å²) in [5.74, 6) is 1.63. The molecule has 4 nitrogen and oxygen atoms in total. The molecule has 2 aliphatic rings. The molecule has 0 N–H and O–H groups in total. The number of rotatable bonds is 4. The van der Waals surface area contributed by atoms with Gasteiger partial charge in [0.05, 0.1) is 0 Å². The Morgan fingerprint density at radius 1 is 0.391 bits per heavy atom. The van der Waals surface area contributed by atoms with Crippen molar-refractivity contribution in [1.29, 1.82) is 0 Å². The average molecular weight is 588 g/mol. The van der Waals surface area contributed by atoms with E-state index in [1.165, 1.54) is 33.2 Å². The third-order valence-electron chi connectivity index (χ3n) is 9.60. The lowest BCUT2D eigenvalue weighted by Crippen LogP contribution is -2.65. The minimum absolute atomic E-state index is 0.148. The number of nitrogens with zero attached hydrogens (tertiary/aromatic N) is 2. The fourth-order valence-electron chi connectivity index (χ4n) is 7.72. The molecule has 46 heavy (non-hydrogen) atoms. The Hall–Kier alpha value is -5.71. The van der Waals surface area contributed by atoms with Gasteiger partial charge in [0.15, 0.2) is 0 Å². The van der Waals surface area contributed by atoms with Gasteiger partial charge in [-0.15, -0.1) is 0 Å². The van der Waals surface area contributed by atoms with Gasteiger partial charge in [-0.3, -0.25) is 4.83 Å². The van der Waals surface area contributed by atoms with E-state index < -0.39 is 0 Å². The molecule has 0 saturated heterocycles. The molecule has 8 aromatic rings. The van der Waals surface area contributed by atoms with Crippen molar-refractivity contribution in [2.24, 2.45) is 0 Å². The quantitative estimate of drug-likeness (QED) is 0.205. The van der Waals surface area contributed by atoms with Gasteiger partial charge in [-0.1, -0.05) is 146 Å². The molecule has 0 radical (unpaired) electrons. The monoisotopic (exact) mass is 588 g/mol. The van der Waals surface area contributed by atoms with E-state index in [0.717, 1.165) is 44.6 Å². The molecule has 0 atom stereocenters. The summed E-state index contributed by atoms with van der Waals surface area (Å²) in [6, 6.07) is 55.8. The van der Waals surface area contributed by atoms with Crippen LogP contribution in [0.25, 0.3) is 44.2 Å². The van der Waals surface area contributed by atoms with Crippen LogP contribution in [-0.4, -0.2) is 18.5 Å². The van der Waals surface area contributed by atoms with Gasteiger partial charge in [0.1, 0.15) is 11.2 Å². The first-order valence-electron chi connectivity index (χ1n) is 15.8. The van der Waals surface area contributed by atoms with Crippen LogP contribution in [0.15, 0.2) is 167 Å². The molecule has 6 aromatic carbocycles.